The predicted molar refractivity (Wildman–Crippen MR) is 82.2 cm³/mol. The molecule has 0 unspecified atom stereocenters. The van der Waals surface area contributed by atoms with E-state index in [0.29, 0.717) is 31.7 Å². The molecule has 1 saturated carbocycles. The van der Waals surface area contributed by atoms with Crippen LogP contribution in [0.3, 0.4) is 0 Å². The fraction of sp³-hybridized carbons (Fsp3) is 0.588. The number of carbonyl (C=O) groups is 1. The minimum absolute atomic E-state index is 0.0816. The van der Waals surface area contributed by atoms with Crippen LogP contribution in [0.25, 0.3) is 0 Å². The SMILES string of the molecule is O=C(CCCOc1cccc(F)c1)NCC1(O)CCCCC1. The summed E-state index contributed by atoms with van der Waals surface area (Å²) in [4.78, 5) is 11.8. The van der Waals surface area contributed by atoms with Crippen molar-refractivity contribution >= 4 is 5.91 Å². The molecule has 0 aromatic heterocycles. The molecule has 22 heavy (non-hydrogen) atoms. The molecule has 0 bridgehead atoms. The Bertz CT molecular complexity index is 487. The smallest absolute Gasteiger partial charge is 0.220 e. The molecule has 0 aliphatic heterocycles. The van der Waals surface area contributed by atoms with Gasteiger partial charge in [-0.1, -0.05) is 25.3 Å². The van der Waals surface area contributed by atoms with Gasteiger partial charge >= 0.3 is 0 Å². The van der Waals surface area contributed by atoms with Crippen LogP contribution in [0.1, 0.15) is 44.9 Å². The van der Waals surface area contributed by atoms with Crippen LogP contribution >= 0.6 is 0 Å². The summed E-state index contributed by atoms with van der Waals surface area (Å²) in [7, 11) is 0. The molecule has 1 aliphatic rings. The van der Waals surface area contributed by atoms with Gasteiger partial charge in [0.15, 0.2) is 0 Å². The van der Waals surface area contributed by atoms with Crippen LogP contribution in [0.5, 0.6) is 5.75 Å². The third-order valence-corrected chi connectivity index (χ3v) is 4.01. The number of ether oxygens (including phenoxy) is 1. The lowest BCUT2D eigenvalue weighted by atomic mass is 9.85. The van der Waals surface area contributed by atoms with E-state index in [1.54, 1.807) is 12.1 Å². The molecule has 0 atom stereocenters. The van der Waals surface area contributed by atoms with Crippen LogP contribution in [0, 0.1) is 5.82 Å². The predicted octanol–water partition coefficient (Wildman–Crippen LogP) is 2.80. The van der Waals surface area contributed by atoms with E-state index in [9.17, 15) is 14.3 Å². The van der Waals surface area contributed by atoms with Crippen LogP contribution in [-0.2, 0) is 4.79 Å². The van der Waals surface area contributed by atoms with Gasteiger partial charge in [-0.25, -0.2) is 4.39 Å². The van der Waals surface area contributed by atoms with E-state index in [1.807, 2.05) is 0 Å². The normalized spacial score (nSPS) is 17.0. The first-order chi connectivity index (χ1) is 10.6. The van der Waals surface area contributed by atoms with Gasteiger partial charge < -0.3 is 15.2 Å². The van der Waals surface area contributed by atoms with Crippen molar-refractivity contribution in [2.24, 2.45) is 0 Å². The minimum atomic E-state index is -0.730. The summed E-state index contributed by atoms with van der Waals surface area (Å²) >= 11 is 0. The molecule has 1 fully saturated rings. The van der Waals surface area contributed by atoms with Crippen LogP contribution in [-0.4, -0.2) is 29.8 Å². The molecule has 5 heteroatoms. The first-order valence-electron chi connectivity index (χ1n) is 7.95. The minimum Gasteiger partial charge on any atom is -0.493 e. The van der Waals surface area contributed by atoms with E-state index >= 15 is 0 Å². The molecule has 1 aliphatic carbocycles. The molecule has 2 rings (SSSR count). The zero-order chi connectivity index (χ0) is 15.8. The topological polar surface area (TPSA) is 58.6 Å². The maximum atomic E-state index is 13.0. The van der Waals surface area contributed by atoms with E-state index in [1.165, 1.54) is 12.1 Å². The van der Waals surface area contributed by atoms with E-state index in [4.69, 9.17) is 4.74 Å². The van der Waals surface area contributed by atoms with Gasteiger partial charge in [-0.3, -0.25) is 4.79 Å². The van der Waals surface area contributed by atoms with Crippen LogP contribution in [0.2, 0.25) is 0 Å². The second-order valence-corrected chi connectivity index (χ2v) is 5.97. The summed E-state index contributed by atoms with van der Waals surface area (Å²) in [5, 5.41) is 13.1. The van der Waals surface area contributed by atoms with Gasteiger partial charge in [0, 0.05) is 19.0 Å². The first-order valence-corrected chi connectivity index (χ1v) is 7.95. The zero-order valence-electron chi connectivity index (χ0n) is 12.8. The molecular weight excluding hydrogens is 285 g/mol. The van der Waals surface area contributed by atoms with E-state index in [2.05, 4.69) is 5.32 Å². The molecule has 122 valence electrons. The molecule has 4 nitrogen and oxygen atoms in total. The van der Waals surface area contributed by atoms with E-state index in [0.717, 1.165) is 32.1 Å². The monoisotopic (exact) mass is 309 g/mol. The summed E-state index contributed by atoms with van der Waals surface area (Å²) in [6.07, 6.45) is 5.62. The summed E-state index contributed by atoms with van der Waals surface area (Å²) < 4.78 is 18.3. The average molecular weight is 309 g/mol. The Hall–Kier alpha value is -1.62. The molecular formula is C17H24FNO3. The maximum absolute atomic E-state index is 13.0. The van der Waals surface area contributed by atoms with Crippen molar-refractivity contribution in [2.75, 3.05) is 13.2 Å². The highest BCUT2D eigenvalue weighted by Gasteiger charge is 2.29. The zero-order valence-corrected chi connectivity index (χ0v) is 12.8. The fourth-order valence-corrected chi connectivity index (χ4v) is 2.72. The Morgan fingerprint density at radius 1 is 1.32 bits per heavy atom. The third-order valence-electron chi connectivity index (χ3n) is 4.01. The Kier molecular flexibility index (Phi) is 6.19. The summed E-state index contributed by atoms with van der Waals surface area (Å²) in [5.41, 5.74) is -0.730. The van der Waals surface area contributed by atoms with Gasteiger partial charge in [0.1, 0.15) is 11.6 Å². The molecule has 1 amide bonds. The van der Waals surface area contributed by atoms with E-state index < -0.39 is 5.60 Å². The lowest BCUT2D eigenvalue weighted by Crippen LogP contribution is -2.44. The van der Waals surface area contributed by atoms with Gasteiger partial charge in [0.25, 0.3) is 0 Å². The van der Waals surface area contributed by atoms with Crippen molar-refractivity contribution in [3.05, 3.63) is 30.1 Å². The Morgan fingerprint density at radius 3 is 2.82 bits per heavy atom. The van der Waals surface area contributed by atoms with Gasteiger partial charge in [-0.15, -0.1) is 0 Å². The molecule has 0 heterocycles. The molecule has 0 radical (unpaired) electrons. The van der Waals surface area contributed by atoms with Crippen molar-refractivity contribution in [2.45, 2.75) is 50.5 Å². The molecule has 2 N–H and O–H groups in total. The number of aliphatic hydroxyl groups is 1. The highest BCUT2D eigenvalue weighted by Crippen LogP contribution is 2.27. The highest BCUT2D eigenvalue weighted by molar-refractivity contribution is 5.75. The van der Waals surface area contributed by atoms with Crippen LogP contribution < -0.4 is 10.1 Å². The van der Waals surface area contributed by atoms with Gasteiger partial charge in [-0.2, -0.15) is 0 Å². The van der Waals surface area contributed by atoms with Crippen molar-refractivity contribution in [1.82, 2.24) is 5.32 Å². The summed E-state index contributed by atoms with van der Waals surface area (Å²) in [6.45, 7) is 0.692. The number of carbonyl (C=O) groups excluding carboxylic acids is 1. The Balaban J connectivity index is 1.59. The summed E-state index contributed by atoms with van der Waals surface area (Å²) in [5.74, 6) is 0.0507. The molecule has 1 aromatic carbocycles. The number of nitrogens with one attached hydrogen (secondary N) is 1. The van der Waals surface area contributed by atoms with Crippen LogP contribution in [0.4, 0.5) is 4.39 Å². The fourth-order valence-electron chi connectivity index (χ4n) is 2.72. The number of hydrogen-bond acceptors (Lipinski definition) is 3. The Morgan fingerprint density at radius 2 is 2.09 bits per heavy atom. The molecule has 0 saturated heterocycles. The Labute approximate surface area is 130 Å². The highest BCUT2D eigenvalue weighted by atomic mass is 19.1. The van der Waals surface area contributed by atoms with Gasteiger partial charge in [-0.05, 0) is 31.4 Å². The van der Waals surface area contributed by atoms with Crippen molar-refractivity contribution in [3.8, 4) is 5.75 Å². The van der Waals surface area contributed by atoms with E-state index in [-0.39, 0.29) is 11.7 Å². The van der Waals surface area contributed by atoms with Crippen molar-refractivity contribution < 1.29 is 19.0 Å². The lowest BCUT2D eigenvalue weighted by molar-refractivity contribution is -0.123. The van der Waals surface area contributed by atoms with Crippen LogP contribution in [0.15, 0.2) is 24.3 Å². The summed E-state index contributed by atoms with van der Waals surface area (Å²) in [6, 6.07) is 5.94. The second kappa shape index (κ2) is 8.13. The number of benzene rings is 1. The molecule has 0 spiro atoms. The number of halogens is 1. The molecule has 1 aromatic rings. The standard InChI is InChI=1S/C17H24FNO3/c18-14-6-4-7-15(12-14)22-11-5-8-16(20)19-13-17(21)9-2-1-3-10-17/h4,6-7,12,21H,1-3,5,8-11,13H2,(H,19,20). The van der Waals surface area contributed by atoms with Gasteiger partial charge in [0.05, 0.1) is 12.2 Å². The lowest BCUT2D eigenvalue weighted by Gasteiger charge is -2.32. The maximum Gasteiger partial charge on any atom is 0.220 e. The second-order valence-electron chi connectivity index (χ2n) is 5.97. The number of amides is 1. The largest absolute Gasteiger partial charge is 0.493 e. The van der Waals surface area contributed by atoms with Gasteiger partial charge in [0.2, 0.25) is 5.91 Å². The number of hydrogen-bond donors (Lipinski definition) is 2. The quantitative estimate of drug-likeness (QED) is 0.762. The van der Waals surface area contributed by atoms with Crippen molar-refractivity contribution in [1.29, 1.82) is 0 Å². The average Bonchev–Trinajstić information content (AvgIpc) is 2.51. The number of rotatable bonds is 7. The third kappa shape index (κ3) is 5.64. The first kappa shape index (κ1) is 16.7. The van der Waals surface area contributed by atoms with Crippen molar-refractivity contribution in [3.63, 3.8) is 0 Å².